The number of nitrogens with two attached hydrogens (primary N) is 1. The molecule has 0 saturated heterocycles. The molecular formula is C14H21N3O2. The number of nitrogens with zero attached hydrogens (tertiary/aromatic N) is 1. The molecule has 0 fully saturated rings. The van der Waals surface area contributed by atoms with Crippen molar-refractivity contribution in [3.05, 3.63) is 35.9 Å². The lowest BCUT2D eigenvalue weighted by molar-refractivity contribution is -0.132. The van der Waals surface area contributed by atoms with Crippen LogP contribution in [0.5, 0.6) is 0 Å². The van der Waals surface area contributed by atoms with Gasteiger partial charge in [-0.3, -0.25) is 9.59 Å². The third kappa shape index (κ3) is 4.37. The lowest BCUT2D eigenvalue weighted by atomic mass is 9.98. The molecule has 0 heterocycles. The summed E-state index contributed by atoms with van der Waals surface area (Å²) in [6, 6.07) is 9.32. The van der Waals surface area contributed by atoms with Gasteiger partial charge in [-0.2, -0.15) is 0 Å². The largest absolute Gasteiger partial charge is 0.346 e. The van der Waals surface area contributed by atoms with Crippen molar-refractivity contribution in [2.75, 3.05) is 26.7 Å². The van der Waals surface area contributed by atoms with Crippen LogP contribution in [0.2, 0.25) is 0 Å². The van der Waals surface area contributed by atoms with Gasteiger partial charge in [-0.25, -0.2) is 0 Å². The number of rotatable bonds is 6. The number of carbonyl (C=O) groups excluding carboxylic acids is 2. The molecule has 1 atom stereocenters. The van der Waals surface area contributed by atoms with Crippen LogP contribution in [-0.4, -0.2) is 43.4 Å². The Balaban J connectivity index is 2.59. The molecule has 5 heteroatoms. The first-order valence-electron chi connectivity index (χ1n) is 6.36. The number of amides is 2. The van der Waals surface area contributed by atoms with Gasteiger partial charge in [0.2, 0.25) is 11.8 Å². The van der Waals surface area contributed by atoms with Gasteiger partial charge in [0.05, 0.1) is 12.5 Å². The molecule has 3 N–H and O–H groups in total. The maximum atomic E-state index is 12.0. The number of carbonyl (C=O) groups is 2. The zero-order chi connectivity index (χ0) is 14.3. The third-order valence-electron chi connectivity index (χ3n) is 3.07. The maximum Gasteiger partial charge on any atom is 0.241 e. The minimum absolute atomic E-state index is 0.00646. The summed E-state index contributed by atoms with van der Waals surface area (Å²) in [6.45, 7) is 2.72. The molecule has 0 aliphatic heterocycles. The Labute approximate surface area is 113 Å². The van der Waals surface area contributed by atoms with Gasteiger partial charge in [-0.05, 0) is 12.5 Å². The first kappa shape index (κ1) is 15.2. The van der Waals surface area contributed by atoms with Crippen LogP contribution in [0.15, 0.2) is 30.3 Å². The van der Waals surface area contributed by atoms with E-state index in [9.17, 15) is 9.59 Å². The van der Waals surface area contributed by atoms with E-state index in [-0.39, 0.29) is 24.9 Å². The topological polar surface area (TPSA) is 75.4 Å². The molecule has 0 aliphatic carbocycles. The molecule has 104 valence electrons. The highest BCUT2D eigenvalue weighted by Crippen LogP contribution is 2.13. The Morgan fingerprint density at radius 2 is 1.95 bits per heavy atom. The minimum Gasteiger partial charge on any atom is -0.346 e. The van der Waals surface area contributed by atoms with Crippen LogP contribution in [0.1, 0.15) is 18.4 Å². The normalized spacial score (nSPS) is 11.7. The molecule has 1 rings (SSSR count). The Kier molecular flexibility index (Phi) is 6.02. The minimum atomic E-state index is -0.416. The number of likely N-dealkylation sites (N-methyl/N-ethyl adjacent to an activating group) is 1. The van der Waals surface area contributed by atoms with Crippen LogP contribution in [0.25, 0.3) is 0 Å². The highest BCUT2D eigenvalue weighted by atomic mass is 16.2. The van der Waals surface area contributed by atoms with Crippen LogP contribution >= 0.6 is 0 Å². The summed E-state index contributed by atoms with van der Waals surface area (Å²) in [6.07, 6.45) is 0. The zero-order valence-electron chi connectivity index (χ0n) is 11.4. The summed E-state index contributed by atoms with van der Waals surface area (Å²) in [5, 5.41) is 2.64. The summed E-state index contributed by atoms with van der Waals surface area (Å²) in [7, 11) is 1.70. The first-order valence-corrected chi connectivity index (χ1v) is 6.36. The van der Waals surface area contributed by atoms with Crippen LogP contribution < -0.4 is 11.1 Å². The van der Waals surface area contributed by atoms with Gasteiger partial charge in [-0.1, -0.05) is 30.3 Å². The zero-order valence-corrected chi connectivity index (χ0v) is 11.4. The lowest BCUT2D eigenvalue weighted by Gasteiger charge is -2.18. The average Bonchev–Trinajstić information content (AvgIpc) is 2.45. The number of hydrogen-bond acceptors (Lipinski definition) is 3. The Morgan fingerprint density at radius 3 is 2.47 bits per heavy atom. The maximum absolute atomic E-state index is 12.0. The summed E-state index contributed by atoms with van der Waals surface area (Å²) in [5.41, 5.74) is 6.50. The molecule has 5 nitrogen and oxygen atoms in total. The lowest BCUT2D eigenvalue weighted by Crippen LogP contribution is -2.41. The van der Waals surface area contributed by atoms with Gasteiger partial charge >= 0.3 is 0 Å². The van der Waals surface area contributed by atoms with Gasteiger partial charge < -0.3 is 16.0 Å². The van der Waals surface area contributed by atoms with E-state index in [2.05, 4.69) is 5.32 Å². The molecule has 0 spiro atoms. The second kappa shape index (κ2) is 7.53. The van der Waals surface area contributed by atoms with Crippen molar-refractivity contribution < 1.29 is 9.59 Å². The molecule has 0 radical (unpaired) electrons. The van der Waals surface area contributed by atoms with Gasteiger partial charge in [0.15, 0.2) is 0 Å². The molecular weight excluding hydrogens is 242 g/mol. The fourth-order valence-electron chi connectivity index (χ4n) is 1.68. The molecule has 19 heavy (non-hydrogen) atoms. The molecule has 2 amide bonds. The summed E-state index contributed by atoms with van der Waals surface area (Å²) < 4.78 is 0. The molecule has 1 aromatic rings. The van der Waals surface area contributed by atoms with Crippen molar-refractivity contribution in [1.29, 1.82) is 0 Å². The standard InChI is InChI=1S/C14H21N3O2/c1-3-17(2)13(18)10-16-14(19)12(9-15)11-7-5-4-6-8-11/h4-8,12H,3,9-10,15H2,1-2H3,(H,16,19). The van der Waals surface area contributed by atoms with Gasteiger partial charge in [0, 0.05) is 20.1 Å². The van der Waals surface area contributed by atoms with E-state index in [0.717, 1.165) is 5.56 Å². The van der Waals surface area contributed by atoms with E-state index >= 15 is 0 Å². The number of hydrogen-bond donors (Lipinski definition) is 2. The van der Waals surface area contributed by atoms with Crippen LogP contribution in [0, 0.1) is 0 Å². The van der Waals surface area contributed by atoms with E-state index in [1.807, 2.05) is 37.3 Å². The Bertz CT molecular complexity index is 420. The van der Waals surface area contributed by atoms with E-state index < -0.39 is 5.92 Å². The van der Waals surface area contributed by atoms with Gasteiger partial charge in [-0.15, -0.1) is 0 Å². The third-order valence-corrected chi connectivity index (χ3v) is 3.07. The first-order chi connectivity index (χ1) is 9.10. The highest BCUT2D eigenvalue weighted by molar-refractivity contribution is 5.88. The second-order valence-corrected chi connectivity index (χ2v) is 4.32. The van der Waals surface area contributed by atoms with Crippen molar-refractivity contribution in [3.63, 3.8) is 0 Å². The van der Waals surface area contributed by atoms with Crippen molar-refractivity contribution in [2.24, 2.45) is 5.73 Å². The smallest absolute Gasteiger partial charge is 0.241 e. The highest BCUT2D eigenvalue weighted by Gasteiger charge is 2.19. The fraction of sp³-hybridized carbons (Fsp3) is 0.429. The molecule has 1 aromatic carbocycles. The SMILES string of the molecule is CCN(C)C(=O)CNC(=O)C(CN)c1ccccc1. The van der Waals surface area contributed by atoms with Crippen molar-refractivity contribution in [3.8, 4) is 0 Å². The second-order valence-electron chi connectivity index (χ2n) is 4.32. The Morgan fingerprint density at radius 1 is 1.32 bits per heavy atom. The number of nitrogens with one attached hydrogen (secondary N) is 1. The van der Waals surface area contributed by atoms with Gasteiger partial charge in [0.1, 0.15) is 0 Å². The van der Waals surface area contributed by atoms with Gasteiger partial charge in [0.25, 0.3) is 0 Å². The van der Waals surface area contributed by atoms with Crippen molar-refractivity contribution in [2.45, 2.75) is 12.8 Å². The van der Waals surface area contributed by atoms with E-state index in [1.165, 1.54) is 0 Å². The Hall–Kier alpha value is -1.88. The predicted octanol–water partition coefficient (Wildman–Crippen LogP) is 0.323. The molecule has 0 aliphatic rings. The molecule has 0 bridgehead atoms. The van der Waals surface area contributed by atoms with Crippen LogP contribution in [0.3, 0.4) is 0 Å². The van der Waals surface area contributed by atoms with Crippen LogP contribution in [0.4, 0.5) is 0 Å². The van der Waals surface area contributed by atoms with E-state index in [4.69, 9.17) is 5.73 Å². The van der Waals surface area contributed by atoms with E-state index in [0.29, 0.717) is 6.54 Å². The quantitative estimate of drug-likeness (QED) is 0.776. The van der Waals surface area contributed by atoms with Crippen molar-refractivity contribution in [1.82, 2.24) is 10.2 Å². The number of benzene rings is 1. The van der Waals surface area contributed by atoms with Crippen LogP contribution in [-0.2, 0) is 9.59 Å². The summed E-state index contributed by atoms with van der Waals surface area (Å²) in [5.74, 6) is -0.743. The van der Waals surface area contributed by atoms with Crippen molar-refractivity contribution >= 4 is 11.8 Å². The summed E-state index contributed by atoms with van der Waals surface area (Å²) in [4.78, 5) is 25.2. The van der Waals surface area contributed by atoms with E-state index in [1.54, 1.807) is 11.9 Å². The molecule has 0 saturated carbocycles. The molecule has 1 unspecified atom stereocenters. The predicted molar refractivity (Wildman–Crippen MR) is 74.6 cm³/mol. The fourth-order valence-corrected chi connectivity index (χ4v) is 1.68. The summed E-state index contributed by atoms with van der Waals surface area (Å²) >= 11 is 0. The monoisotopic (exact) mass is 263 g/mol. The average molecular weight is 263 g/mol. The molecule has 0 aromatic heterocycles.